The average molecular weight is 336 g/mol. The minimum absolute atomic E-state index is 0.114. The van der Waals surface area contributed by atoms with E-state index in [0.29, 0.717) is 10.6 Å². The van der Waals surface area contributed by atoms with Gasteiger partial charge in [-0.3, -0.25) is 4.79 Å². The molecule has 0 unspecified atom stereocenters. The molecule has 1 aromatic heterocycles. The van der Waals surface area contributed by atoms with Crippen molar-refractivity contribution in [2.24, 2.45) is 0 Å². The first-order valence-electron chi connectivity index (χ1n) is 6.90. The Morgan fingerprint density at radius 3 is 2.61 bits per heavy atom. The number of esters is 1. The number of benzene rings is 1. The van der Waals surface area contributed by atoms with Gasteiger partial charge in [-0.1, -0.05) is 12.1 Å². The number of thiophene rings is 1. The molecule has 0 bridgehead atoms. The highest BCUT2D eigenvalue weighted by molar-refractivity contribution is 7.16. The fourth-order valence-electron chi connectivity index (χ4n) is 2.01. The van der Waals surface area contributed by atoms with E-state index in [1.807, 2.05) is 6.92 Å². The maximum Gasteiger partial charge on any atom is 0.341 e. The molecule has 0 atom stereocenters. The molecule has 0 spiro atoms. The molecule has 0 radical (unpaired) electrons. The topological polar surface area (TPSA) is 67.4 Å². The summed E-state index contributed by atoms with van der Waals surface area (Å²) in [5.74, 6) is -1.30. The van der Waals surface area contributed by atoms with Crippen molar-refractivity contribution in [3.63, 3.8) is 0 Å². The van der Waals surface area contributed by atoms with Gasteiger partial charge in [0.2, 0.25) is 5.91 Å². The summed E-state index contributed by atoms with van der Waals surface area (Å²) in [4.78, 5) is 24.8. The molecule has 0 aliphatic carbocycles. The number of amides is 1. The van der Waals surface area contributed by atoms with Crippen molar-refractivity contribution in [3.05, 3.63) is 46.1 Å². The Hall–Kier alpha value is -2.41. The van der Waals surface area contributed by atoms with E-state index < -0.39 is 11.8 Å². The molecule has 0 aliphatic rings. The van der Waals surface area contributed by atoms with Crippen LogP contribution in [0.1, 0.15) is 20.8 Å². The molecule has 1 amide bonds. The van der Waals surface area contributed by atoms with Gasteiger partial charge in [0.25, 0.3) is 0 Å². The van der Waals surface area contributed by atoms with Gasteiger partial charge in [-0.25, -0.2) is 9.18 Å². The van der Waals surface area contributed by atoms with Crippen LogP contribution in [-0.2, 0) is 9.53 Å². The predicted octanol–water partition coefficient (Wildman–Crippen LogP) is 3.34. The molecule has 2 aromatic rings. The Labute approximate surface area is 137 Å². The van der Waals surface area contributed by atoms with Crippen LogP contribution in [0.15, 0.2) is 24.3 Å². The SMILES string of the molecule is COC(=O)c1c(NC(=O)CNc2ccccc2F)sc(C)c1C. The van der Waals surface area contributed by atoms with Crippen molar-refractivity contribution < 1.29 is 18.7 Å². The molecule has 0 saturated carbocycles. The van der Waals surface area contributed by atoms with Gasteiger partial charge in [-0.15, -0.1) is 11.3 Å². The van der Waals surface area contributed by atoms with Gasteiger partial charge in [0.15, 0.2) is 0 Å². The quantitative estimate of drug-likeness (QED) is 0.822. The number of aryl methyl sites for hydroxylation is 1. The zero-order chi connectivity index (χ0) is 17.0. The van der Waals surface area contributed by atoms with Gasteiger partial charge >= 0.3 is 5.97 Å². The predicted molar refractivity (Wildman–Crippen MR) is 88.7 cm³/mol. The first kappa shape index (κ1) is 17.0. The standard InChI is InChI=1S/C16H17FN2O3S/c1-9-10(2)23-15(14(9)16(21)22-3)19-13(20)8-18-12-7-5-4-6-11(12)17/h4-7,18H,8H2,1-3H3,(H,19,20). The molecule has 1 aromatic carbocycles. The van der Waals surface area contributed by atoms with Crippen LogP contribution < -0.4 is 10.6 Å². The van der Waals surface area contributed by atoms with Crippen LogP contribution in [0.25, 0.3) is 0 Å². The highest BCUT2D eigenvalue weighted by Gasteiger charge is 2.21. The van der Waals surface area contributed by atoms with Crippen molar-refractivity contribution in [3.8, 4) is 0 Å². The van der Waals surface area contributed by atoms with Gasteiger partial charge in [0.1, 0.15) is 10.8 Å². The Morgan fingerprint density at radius 1 is 1.26 bits per heavy atom. The molecule has 0 aliphatic heterocycles. The Morgan fingerprint density at radius 2 is 1.96 bits per heavy atom. The summed E-state index contributed by atoms with van der Waals surface area (Å²) in [5, 5.41) is 5.83. The highest BCUT2D eigenvalue weighted by Crippen LogP contribution is 2.32. The smallest absolute Gasteiger partial charge is 0.341 e. The molecule has 2 N–H and O–H groups in total. The Bertz CT molecular complexity index is 743. The Balaban J connectivity index is 2.08. The fourth-order valence-corrected chi connectivity index (χ4v) is 3.08. The minimum atomic E-state index is -0.496. The number of methoxy groups -OCH3 is 1. The van der Waals surface area contributed by atoms with Crippen LogP contribution in [0.5, 0.6) is 0 Å². The summed E-state index contributed by atoms with van der Waals surface area (Å²) in [6.07, 6.45) is 0. The van der Waals surface area contributed by atoms with E-state index in [9.17, 15) is 14.0 Å². The second kappa shape index (κ2) is 7.23. The number of para-hydroxylation sites is 1. The lowest BCUT2D eigenvalue weighted by molar-refractivity contribution is -0.114. The number of carbonyl (C=O) groups excluding carboxylic acids is 2. The lowest BCUT2D eigenvalue weighted by atomic mass is 10.1. The highest BCUT2D eigenvalue weighted by atomic mass is 32.1. The van der Waals surface area contributed by atoms with Gasteiger partial charge in [0, 0.05) is 4.88 Å². The van der Waals surface area contributed by atoms with E-state index in [1.54, 1.807) is 25.1 Å². The third-order valence-electron chi connectivity index (χ3n) is 3.34. The lowest BCUT2D eigenvalue weighted by Gasteiger charge is -2.08. The van der Waals surface area contributed by atoms with Gasteiger partial charge in [-0.2, -0.15) is 0 Å². The second-order valence-corrected chi connectivity index (χ2v) is 6.09. The molecule has 0 fully saturated rings. The second-order valence-electron chi connectivity index (χ2n) is 4.86. The first-order valence-corrected chi connectivity index (χ1v) is 7.72. The van der Waals surface area contributed by atoms with Crippen LogP contribution in [-0.4, -0.2) is 25.5 Å². The third kappa shape index (κ3) is 3.87. The molecular formula is C16H17FN2O3S. The third-order valence-corrected chi connectivity index (χ3v) is 4.46. The van der Waals surface area contributed by atoms with E-state index in [1.165, 1.54) is 24.5 Å². The largest absolute Gasteiger partial charge is 0.465 e. The molecule has 5 nitrogen and oxygen atoms in total. The van der Waals surface area contributed by atoms with Gasteiger partial charge in [-0.05, 0) is 31.5 Å². The minimum Gasteiger partial charge on any atom is -0.465 e. The Kier molecular flexibility index (Phi) is 5.33. The van der Waals surface area contributed by atoms with Crippen molar-refractivity contribution in [1.82, 2.24) is 0 Å². The number of ether oxygens (including phenoxy) is 1. The number of carbonyl (C=O) groups is 2. The molecule has 23 heavy (non-hydrogen) atoms. The maximum absolute atomic E-state index is 13.5. The first-order chi connectivity index (χ1) is 10.9. The van der Waals surface area contributed by atoms with Crippen LogP contribution in [0, 0.1) is 19.7 Å². The van der Waals surface area contributed by atoms with Crippen LogP contribution in [0.2, 0.25) is 0 Å². The molecule has 2 rings (SSSR count). The van der Waals surface area contributed by atoms with E-state index in [4.69, 9.17) is 4.74 Å². The van der Waals surface area contributed by atoms with Crippen LogP contribution >= 0.6 is 11.3 Å². The number of rotatable bonds is 5. The van der Waals surface area contributed by atoms with E-state index >= 15 is 0 Å². The summed E-state index contributed by atoms with van der Waals surface area (Å²) < 4.78 is 18.2. The number of hydrogen-bond donors (Lipinski definition) is 2. The molecule has 122 valence electrons. The normalized spacial score (nSPS) is 10.3. The number of hydrogen-bond acceptors (Lipinski definition) is 5. The van der Waals surface area contributed by atoms with Crippen molar-refractivity contribution in [2.45, 2.75) is 13.8 Å². The van der Waals surface area contributed by atoms with Crippen LogP contribution in [0.4, 0.5) is 15.1 Å². The summed E-state index contributed by atoms with van der Waals surface area (Å²) in [7, 11) is 1.29. The maximum atomic E-state index is 13.5. The monoisotopic (exact) mass is 336 g/mol. The molecular weight excluding hydrogens is 319 g/mol. The lowest BCUT2D eigenvalue weighted by Crippen LogP contribution is -2.22. The van der Waals surface area contributed by atoms with Crippen molar-refractivity contribution in [2.75, 3.05) is 24.3 Å². The molecule has 7 heteroatoms. The average Bonchev–Trinajstić information content (AvgIpc) is 2.80. The van der Waals surface area contributed by atoms with E-state index in [2.05, 4.69) is 10.6 Å². The van der Waals surface area contributed by atoms with Gasteiger partial charge < -0.3 is 15.4 Å². The van der Waals surface area contributed by atoms with Gasteiger partial charge in [0.05, 0.1) is 24.9 Å². The summed E-state index contributed by atoms with van der Waals surface area (Å²) >= 11 is 1.30. The zero-order valence-corrected chi connectivity index (χ0v) is 13.8. The number of anilines is 2. The number of halogens is 1. The molecule has 0 saturated heterocycles. The van der Waals surface area contributed by atoms with E-state index in [0.717, 1.165) is 10.4 Å². The number of nitrogens with one attached hydrogen (secondary N) is 2. The van der Waals surface area contributed by atoms with E-state index in [-0.39, 0.29) is 18.1 Å². The fraction of sp³-hybridized carbons (Fsp3) is 0.250. The summed E-state index contributed by atoms with van der Waals surface area (Å²) in [6, 6.07) is 6.09. The van der Waals surface area contributed by atoms with Crippen molar-refractivity contribution >= 4 is 33.9 Å². The zero-order valence-electron chi connectivity index (χ0n) is 13.0. The summed E-state index contributed by atoms with van der Waals surface area (Å²) in [5.41, 5.74) is 1.38. The van der Waals surface area contributed by atoms with Crippen LogP contribution in [0.3, 0.4) is 0 Å². The van der Waals surface area contributed by atoms with Crippen molar-refractivity contribution in [1.29, 1.82) is 0 Å². The molecule has 1 heterocycles. The summed E-state index contributed by atoms with van der Waals surface area (Å²) in [6.45, 7) is 3.54.